The Morgan fingerprint density at radius 3 is 2.64 bits per heavy atom. The molecule has 0 bridgehead atoms. The molecule has 1 saturated carbocycles. The first-order valence-corrected chi connectivity index (χ1v) is 8.14. The summed E-state index contributed by atoms with van der Waals surface area (Å²) in [6.45, 7) is 0.986. The second kappa shape index (κ2) is 6.97. The standard InChI is InChI=1S/C18H17BrO3/c19-16-8-15(9-17(10-16)21-11-14-6-7-14)18(20)22-12-13-4-2-1-3-5-13/h1-5,8-10,14H,6-7,11-12H2. The lowest BCUT2D eigenvalue weighted by atomic mass is 10.2. The van der Waals surface area contributed by atoms with Crippen molar-refractivity contribution in [3.63, 3.8) is 0 Å². The van der Waals surface area contributed by atoms with Gasteiger partial charge in [-0.25, -0.2) is 4.79 Å². The summed E-state index contributed by atoms with van der Waals surface area (Å²) in [4.78, 5) is 12.2. The molecule has 3 nitrogen and oxygen atoms in total. The molecule has 114 valence electrons. The van der Waals surface area contributed by atoms with Gasteiger partial charge in [-0.1, -0.05) is 46.3 Å². The highest BCUT2D eigenvalue weighted by molar-refractivity contribution is 9.10. The normalized spacial score (nSPS) is 13.7. The molecule has 0 spiro atoms. The molecular formula is C18H17BrO3. The van der Waals surface area contributed by atoms with Crippen molar-refractivity contribution in [2.24, 2.45) is 5.92 Å². The minimum atomic E-state index is -0.346. The molecular weight excluding hydrogens is 344 g/mol. The fourth-order valence-electron chi connectivity index (χ4n) is 2.07. The molecule has 1 aliphatic carbocycles. The number of rotatable bonds is 6. The predicted octanol–water partition coefficient (Wildman–Crippen LogP) is 4.59. The summed E-state index contributed by atoms with van der Waals surface area (Å²) in [7, 11) is 0. The van der Waals surface area contributed by atoms with Crippen molar-refractivity contribution in [3.05, 3.63) is 64.1 Å². The van der Waals surface area contributed by atoms with Gasteiger partial charge in [0, 0.05) is 4.47 Å². The molecule has 0 radical (unpaired) electrons. The summed E-state index contributed by atoms with van der Waals surface area (Å²) >= 11 is 3.41. The Morgan fingerprint density at radius 1 is 1.14 bits per heavy atom. The van der Waals surface area contributed by atoms with Crippen LogP contribution in [0.15, 0.2) is 53.0 Å². The van der Waals surface area contributed by atoms with Crippen LogP contribution in [-0.4, -0.2) is 12.6 Å². The molecule has 0 unspecified atom stereocenters. The zero-order valence-electron chi connectivity index (χ0n) is 12.1. The summed E-state index contributed by atoms with van der Waals surface area (Å²) in [5.41, 5.74) is 1.46. The number of hydrogen-bond donors (Lipinski definition) is 0. The van der Waals surface area contributed by atoms with Crippen LogP contribution in [0.1, 0.15) is 28.8 Å². The fraction of sp³-hybridized carbons (Fsp3) is 0.278. The van der Waals surface area contributed by atoms with Crippen LogP contribution in [-0.2, 0) is 11.3 Å². The SMILES string of the molecule is O=C(OCc1ccccc1)c1cc(Br)cc(OCC2CC2)c1. The molecule has 4 heteroatoms. The second-order valence-electron chi connectivity index (χ2n) is 5.49. The number of hydrogen-bond acceptors (Lipinski definition) is 3. The number of ether oxygens (including phenoxy) is 2. The van der Waals surface area contributed by atoms with Crippen molar-refractivity contribution in [1.29, 1.82) is 0 Å². The van der Waals surface area contributed by atoms with Gasteiger partial charge in [0.25, 0.3) is 0 Å². The van der Waals surface area contributed by atoms with Gasteiger partial charge in [0.2, 0.25) is 0 Å². The maximum absolute atomic E-state index is 12.2. The molecule has 0 saturated heterocycles. The molecule has 1 fully saturated rings. The van der Waals surface area contributed by atoms with Gasteiger partial charge in [0.15, 0.2) is 0 Å². The molecule has 0 amide bonds. The first-order valence-electron chi connectivity index (χ1n) is 7.35. The van der Waals surface area contributed by atoms with E-state index in [1.54, 1.807) is 12.1 Å². The van der Waals surface area contributed by atoms with E-state index in [1.165, 1.54) is 12.8 Å². The van der Waals surface area contributed by atoms with Crippen LogP contribution in [0.5, 0.6) is 5.75 Å². The van der Waals surface area contributed by atoms with Crippen molar-refractivity contribution in [2.45, 2.75) is 19.4 Å². The van der Waals surface area contributed by atoms with Crippen LogP contribution >= 0.6 is 15.9 Å². The molecule has 2 aromatic carbocycles. The predicted molar refractivity (Wildman–Crippen MR) is 87.9 cm³/mol. The first kappa shape index (κ1) is 15.1. The molecule has 0 heterocycles. The van der Waals surface area contributed by atoms with Gasteiger partial charge in [-0.3, -0.25) is 0 Å². The summed E-state index contributed by atoms with van der Waals surface area (Å²) in [6.07, 6.45) is 2.47. The number of carbonyl (C=O) groups is 1. The fourth-order valence-corrected chi connectivity index (χ4v) is 2.54. The zero-order valence-corrected chi connectivity index (χ0v) is 13.7. The molecule has 3 rings (SSSR count). The van der Waals surface area contributed by atoms with Crippen LogP contribution < -0.4 is 4.74 Å². The van der Waals surface area contributed by atoms with Gasteiger partial charge in [0.05, 0.1) is 12.2 Å². The number of carbonyl (C=O) groups excluding carboxylic acids is 1. The average Bonchev–Trinajstić information content (AvgIpc) is 3.35. The van der Waals surface area contributed by atoms with E-state index >= 15 is 0 Å². The Labute approximate surface area is 138 Å². The Balaban J connectivity index is 1.63. The lowest BCUT2D eigenvalue weighted by molar-refractivity contribution is 0.0472. The van der Waals surface area contributed by atoms with E-state index in [1.807, 2.05) is 36.4 Å². The van der Waals surface area contributed by atoms with Crippen LogP contribution in [0.2, 0.25) is 0 Å². The van der Waals surface area contributed by atoms with Crippen LogP contribution in [0.4, 0.5) is 0 Å². The number of benzene rings is 2. The van der Waals surface area contributed by atoms with Gasteiger partial charge >= 0.3 is 5.97 Å². The van der Waals surface area contributed by atoms with E-state index in [2.05, 4.69) is 15.9 Å². The Morgan fingerprint density at radius 2 is 1.91 bits per heavy atom. The average molecular weight is 361 g/mol. The Kier molecular flexibility index (Phi) is 4.78. The number of halogens is 1. The lowest BCUT2D eigenvalue weighted by Crippen LogP contribution is -2.06. The molecule has 1 aliphatic rings. The van der Waals surface area contributed by atoms with Crippen LogP contribution in [0, 0.1) is 5.92 Å². The summed E-state index contributed by atoms with van der Waals surface area (Å²) < 4.78 is 11.9. The van der Waals surface area contributed by atoms with E-state index < -0.39 is 0 Å². The van der Waals surface area contributed by atoms with E-state index in [-0.39, 0.29) is 12.6 Å². The molecule has 0 aromatic heterocycles. The quantitative estimate of drug-likeness (QED) is 0.706. The van der Waals surface area contributed by atoms with Gasteiger partial charge in [-0.15, -0.1) is 0 Å². The highest BCUT2D eigenvalue weighted by Gasteiger charge is 2.22. The largest absolute Gasteiger partial charge is 0.493 e. The van der Waals surface area contributed by atoms with Crippen molar-refractivity contribution >= 4 is 21.9 Å². The molecule has 2 aromatic rings. The third kappa shape index (κ3) is 4.34. The van der Waals surface area contributed by atoms with E-state index in [9.17, 15) is 4.79 Å². The van der Waals surface area contributed by atoms with E-state index in [4.69, 9.17) is 9.47 Å². The maximum atomic E-state index is 12.2. The van der Waals surface area contributed by atoms with Gasteiger partial charge < -0.3 is 9.47 Å². The van der Waals surface area contributed by atoms with Crippen molar-refractivity contribution in [2.75, 3.05) is 6.61 Å². The highest BCUT2D eigenvalue weighted by Crippen LogP contribution is 2.30. The summed E-state index contributed by atoms with van der Waals surface area (Å²) in [5.74, 6) is 1.03. The van der Waals surface area contributed by atoms with Crippen molar-refractivity contribution in [1.82, 2.24) is 0 Å². The Hall–Kier alpha value is -1.81. The maximum Gasteiger partial charge on any atom is 0.338 e. The van der Waals surface area contributed by atoms with Gasteiger partial charge in [-0.05, 0) is 42.5 Å². The lowest BCUT2D eigenvalue weighted by Gasteiger charge is -2.09. The topological polar surface area (TPSA) is 35.5 Å². The van der Waals surface area contributed by atoms with Crippen LogP contribution in [0.25, 0.3) is 0 Å². The van der Waals surface area contributed by atoms with E-state index in [0.29, 0.717) is 17.2 Å². The second-order valence-corrected chi connectivity index (χ2v) is 6.41. The molecule has 0 N–H and O–H groups in total. The first-order chi connectivity index (χ1) is 10.7. The minimum absolute atomic E-state index is 0.268. The smallest absolute Gasteiger partial charge is 0.338 e. The number of esters is 1. The van der Waals surface area contributed by atoms with Crippen molar-refractivity contribution < 1.29 is 14.3 Å². The summed E-state index contributed by atoms with van der Waals surface area (Å²) in [6, 6.07) is 15.0. The molecule has 22 heavy (non-hydrogen) atoms. The van der Waals surface area contributed by atoms with Crippen LogP contribution in [0.3, 0.4) is 0 Å². The zero-order chi connectivity index (χ0) is 15.4. The van der Waals surface area contributed by atoms with Crippen molar-refractivity contribution in [3.8, 4) is 5.75 Å². The minimum Gasteiger partial charge on any atom is -0.493 e. The van der Waals surface area contributed by atoms with Gasteiger partial charge in [-0.2, -0.15) is 0 Å². The van der Waals surface area contributed by atoms with Gasteiger partial charge in [0.1, 0.15) is 12.4 Å². The third-order valence-corrected chi connectivity index (χ3v) is 3.96. The monoisotopic (exact) mass is 360 g/mol. The third-order valence-electron chi connectivity index (χ3n) is 3.50. The van der Waals surface area contributed by atoms with E-state index in [0.717, 1.165) is 16.6 Å². The molecule has 0 atom stereocenters. The summed E-state index contributed by atoms with van der Waals surface area (Å²) in [5, 5.41) is 0. The highest BCUT2D eigenvalue weighted by atomic mass is 79.9. The molecule has 0 aliphatic heterocycles. The Bertz CT molecular complexity index is 651.